The third kappa shape index (κ3) is 5.39. The van der Waals surface area contributed by atoms with Crippen LogP contribution >= 0.6 is 11.8 Å². The first-order valence-corrected chi connectivity index (χ1v) is 11.9. The minimum Gasteiger partial charge on any atom is -0.463 e. The summed E-state index contributed by atoms with van der Waals surface area (Å²) in [4.78, 5) is 43.4. The Hall–Kier alpha value is -2.85. The molecule has 0 bridgehead atoms. The summed E-state index contributed by atoms with van der Waals surface area (Å²) in [5.41, 5.74) is 0.378. The summed E-state index contributed by atoms with van der Waals surface area (Å²) in [5.74, 6) is 0.281. The van der Waals surface area contributed by atoms with Crippen molar-refractivity contribution >= 4 is 29.5 Å². The lowest BCUT2D eigenvalue weighted by atomic mass is 10.2. The Morgan fingerprint density at radius 1 is 1.06 bits per heavy atom. The molecule has 33 heavy (non-hydrogen) atoms. The minimum absolute atomic E-state index is 0.0687. The van der Waals surface area contributed by atoms with Crippen LogP contribution in [-0.2, 0) is 16.1 Å². The van der Waals surface area contributed by atoms with Crippen LogP contribution in [0.4, 0.5) is 4.39 Å². The third-order valence-corrected chi connectivity index (χ3v) is 6.97. The quantitative estimate of drug-likeness (QED) is 0.615. The number of methoxy groups -OCH3 is 1. The molecule has 0 spiro atoms. The second-order valence-electron chi connectivity index (χ2n) is 7.94. The zero-order valence-electron chi connectivity index (χ0n) is 18.4. The Kier molecular flexibility index (Phi) is 7.34. The highest BCUT2D eigenvalue weighted by atomic mass is 32.2. The van der Waals surface area contributed by atoms with Gasteiger partial charge in [-0.25, -0.2) is 9.18 Å². The van der Waals surface area contributed by atoms with E-state index in [4.69, 9.17) is 4.42 Å². The van der Waals surface area contributed by atoms with E-state index in [9.17, 15) is 18.8 Å². The molecule has 0 saturated carbocycles. The molecule has 2 aliphatic heterocycles. The Bertz CT molecular complexity index is 1010. The highest BCUT2D eigenvalue weighted by Gasteiger charge is 2.38. The number of hydrogen-bond donors (Lipinski definition) is 0. The fourth-order valence-electron chi connectivity index (χ4n) is 4.04. The predicted molar refractivity (Wildman–Crippen MR) is 120 cm³/mol. The fraction of sp³-hybridized carbons (Fsp3) is 0.435. The SMILES string of the molecule is COC(=O)c1ccc(CN2CCCN(C(=O)C3SCCN3C(=O)c3ccc(F)cc3)CC2)o1. The van der Waals surface area contributed by atoms with Gasteiger partial charge in [-0.3, -0.25) is 14.5 Å². The lowest BCUT2D eigenvalue weighted by Crippen LogP contribution is -2.47. The second-order valence-corrected chi connectivity index (χ2v) is 9.13. The van der Waals surface area contributed by atoms with Gasteiger partial charge in [0.05, 0.1) is 13.7 Å². The molecule has 1 unspecified atom stereocenters. The van der Waals surface area contributed by atoms with E-state index in [0.29, 0.717) is 49.8 Å². The maximum absolute atomic E-state index is 13.3. The van der Waals surface area contributed by atoms with Gasteiger partial charge in [-0.2, -0.15) is 0 Å². The first-order chi connectivity index (χ1) is 16.0. The number of esters is 1. The number of halogens is 1. The fourth-order valence-corrected chi connectivity index (χ4v) is 5.24. The molecule has 0 radical (unpaired) electrons. The summed E-state index contributed by atoms with van der Waals surface area (Å²) in [6.45, 7) is 3.61. The summed E-state index contributed by atoms with van der Waals surface area (Å²) in [5, 5.41) is -0.568. The molecule has 4 rings (SSSR count). The van der Waals surface area contributed by atoms with Crippen molar-refractivity contribution in [3.8, 4) is 0 Å². The molecule has 2 aromatic rings. The van der Waals surface area contributed by atoms with Crippen molar-refractivity contribution in [3.05, 3.63) is 59.3 Å². The van der Waals surface area contributed by atoms with Crippen LogP contribution in [0.15, 0.2) is 40.8 Å². The largest absolute Gasteiger partial charge is 0.463 e. The lowest BCUT2D eigenvalue weighted by molar-refractivity contribution is -0.132. The molecule has 2 fully saturated rings. The van der Waals surface area contributed by atoms with Crippen molar-refractivity contribution in [2.45, 2.75) is 18.3 Å². The first kappa shape index (κ1) is 23.3. The van der Waals surface area contributed by atoms with E-state index < -0.39 is 17.2 Å². The van der Waals surface area contributed by atoms with Gasteiger partial charge >= 0.3 is 5.97 Å². The highest BCUT2D eigenvalue weighted by molar-refractivity contribution is 8.00. The topological polar surface area (TPSA) is 83.3 Å². The van der Waals surface area contributed by atoms with Crippen LogP contribution in [0.5, 0.6) is 0 Å². The average molecular weight is 476 g/mol. The summed E-state index contributed by atoms with van der Waals surface area (Å²) in [7, 11) is 1.31. The van der Waals surface area contributed by atoms with Gasteiger partial charge in [-0.15, -0.1) is 11.8 Å². The van der Waals surface area contributed by atoms with Crippen molar-refractivity contribution in [2.24, 2.45) is 0 Å². The normalized spacial score (nSPS) is 19.4. The third-order valence-electron chi connectivity index (χ3n) is 5.78. The molecule has 3 heterocycles. The van der Waals surface area contributed by atoms with Gasteiger partial charge in [-0.05, 0) is 42.8 Å². The van der Waals surface area contributed by atoms with Gasteiger partial charge < -0.3 is 19.0 Å². The molecule has 0 aliphatic carbocycles. The molecular formula is C23H26FN3O5S. The van der Waals surface area contributed by atoms with Crippen molar-refractivity contribution in [1.29, 1.82) is 0 Å². The van der Waals surface area contributed by atoms with Crippen molar-refractivity contribution in [3.63, 3.8) is 0 Å². The number of amides is 2. The van der Waals surface area contributed by atoms with Crippen LogP contribution in [-0.4, -0.2) is 83.4 Å². The number of rotatable bonds is 5. The predicted octanol–water partition coefficient (Wildman–Crippen LogP) is 2.45. The Labute approximate surface area is 195 Å². The van der Waals surface area contributed by atoms with E-state index in [1.807, 2.05) is 4.90 Å². The van der Waals surface area contributed by atoms with E-state index in [1.165, 1.54) is 43.1 Å². The maximum atomic E-state index is 13.3. The van der Waals surface area contributed by atoms with Crippen LogP contribution in [0.2, 0.25) is 0 Å². The summed E-state index contributed by atoms with van der Waals surface area (Å²) in [6.07, 6.45) is 0.791. The van der Waals surface area contributed by atoms with Crippen LogP contribution in [0.1, 0.15) is 33.1 Å². The monoisotopic (exact) mass is 475 g/mol. The highest BCUT2D eigenvalue weighted by Crippen LogP contribution is 2.28. The summed E-state index contributed by atoms with van der Waals surface area (Å²) < 4.78 is 23.4. The Morgan fingerprint density at radius 3 is 2.61 bits per heavy atom. The molecule has 1 atom stereocenters. The molecule has 10 heteroatoms. The number of carbonyl (C=O) groups is 3. The zero-order valence-corrected chi connectivity index (χ0v) is 19.2. The number of benzene rings is 1. The number of hydrogen-bond acceptors (Lipinski definition) is 7. The molecule has 2 aliphatic rings. The molecule has 2 amide bonds. The minimum atomic E-state index is -0.568. The lowest BCUT2D eigenvalue weighted by Gasteiger charge is -2.29. The van der Waals surface area contributed by atoms with Crippen LogP contribution in [0.3, 0.4) is 0 Å². The number of nitrogens with zero attached hydrogens (tertiary/aromatic N) is 3. The van der Waals surface area contributed by atoms with Crippen molar-refractivity contribution in [2.75, 3.05) is 45.6 Å². The molecule has 1 aromatic carbocycles. The summed E-state index contributed by atoms with van der Waals surface area (Å²) >= 11 is 1.46. The zero-order chi connectivity index (χ0) is 23.4. The molecular weight excluding hydrogens is 449 g/mol. The molecule has 0 N–H and O–H groups in total. The van der Waals surface area contributed by atoms with E-state index in [-0.39, 0.29) is 17.6 Å². The van der Waals surface area contributed by atoms with Gasteiger partial charge in [0.2, 0.25) is 5.76 Å². The van der Waals surface area contributed by atoms with Gasteiger partial charge in [0.15, 0.2) is 5.37 Å². The Balaban J connectivity index is 1.35. The molecule has 176 valence electrons. The number of carbonyl (C=O) groups excluding carboxylic acids is 3. The average Bonchev–Trinajstić information content (AvgIpc) is 3.44. The van der Waals surface area contributed by atoms with Gasteiger partial charge in [0, 0.05) is 44.0 Å². The van der Waals surface area contributed by atoms with E-state index in [1.54, 1.807) is 17.0 Å². The van der Waals surface area contributed by atoms with E-state index in [0.717, 1.165) is 13.0 Å². The van der Waals surface area contributed by atoms with Gasteiger partial charge in [0.25, 0.3) is 11.8 Å². The van der Waals surface area contributed by atoms with Crippen molar-refractivity contribution in [1.82, 2.24) is 14.7 Å². The van der Waals surface area contributed by atoms with Crippen molar-refractivity contribution < 1.29 is 27.9 Å². The van der Waals surface area contributed by atoms with Crippen LogP contribution in [0.25, 0.3) is 0 Å². The molecule has 1 aromatic heterocycles. The number of ether oxygens (including phenoxy) is 1. The van der Waals surface area contributed by atoms with Gasteiger partial charge in [-0.1, -0.05) is 0 Å². The standard InChI is InChI=1S/C23H26FN3O5S/c1-31-23(30)19-8-7-18(32-19)15-25-9-2-10-26(12-11-25)21(29)22-27(13-14-33-22)20(28)16-3-5-17(24)6-4-16/h3-8,22H,2,9-15H2,1H3. The second kappa shape index (κ2) is 10.4. The molecule has 8 nitrogen and oxygen atoms in total. The number of thioether (sulfide) groups is 1. The van der Waals surface area contributed by atoms with Crippen LogP contribution < -0.4 is 0 Å². The maximum Gasteiger partial charge on any atom is 0.373 e. The Morgan fingerprint density at radius 2 is 1.85 bits per heavy atom. The number of furan rings is 1. The van der Waals surface area contributed by atoms with Crippen LogP contribution in [0, 0.1) is 5.82 Å². The summed E-state index contributed by atoms with van der Waals surface area (Å²) in [6, 6.07) is 8.76. The van der Waals surface area contributed by atoms with Gasteiger partial charge in [0.1, 0.15) is 11.6 Å². The first-order valence-electron chi connectivity index (χ1n) is 10.8. The van der Waals surface area contributed by atoms with E-state index >= 15 is 0 Å². The van der Waals surface area contributed by atoms with E-state index in [2.05, 4.69) is 9.64 Å². The molecule has 2 saturated heterocycles. The smallest absolute Gasteiger partial charge is 0.373 e.